The van der Waals surface area contributed by atoms with Gasteiger partial charge in [-0.2, -0.15) is 0 Å². The van der Waals surface area contributed by atoms with Crippen molar-refractivity contribution in [1.82, 2.24) is 0 Å². The summed E-state index contributed by atoms with van der Waals surface area (Å²) in [5.41, 5.74) is 2.91. The third kappa shape index (κ3) is 2.79. The second-order valence-electron chi connectivity index (χ2n) is 7.47. The zero-order valence-corrected chi connectivity index (χ0v) is 15.5. The van der Waals surface area contributed by atoms with Crippen LogP contribution in [-0.2, 0) is 0 Å². The summed E-state index contributed by atoms with van der Waals surface area (Å²) in [7, 11) is 0. The third-order valence-corrected chi connectivity index (χ3v) is 9.77. The Bertz CT molecular complexity index is 591. The zero-order valence-electron chi connectivity index (χ0n) is 13.8. The number of aliphatic hydroxyl groups is 1. The Morgan fingerprint density at radius 1 is 1.13 bits per heavy atom. The van der Waals surface area contributed by atoms with E-state index >= 15 is 0 Å². The number of aliphatic hydroxyl groups excluding tert-OH is 1. The minimum Gasteiger partial charge on any atom is -0.388 e. The summed E-state index contributed by atoms with van der Waals surface area (Å²) in [5, 5.41) is 11.1. The van der Waals surface area contributed by atoms with Crippen molar-refractivity contribution in [3.63, 3.8) is 0 Å². The normalized spacial score (nSPS) is 34.0. The van der Waals surface area contributed by atoms with Crippen LogP contribution < -0.4 is 0 Å². The Balaban J connectivity index is 1.61. The van der Waals surface area contributed by atoms with Crippen LogP contribution in [0.25, 0.3) is 0 Å². The van der Waals surface area contributed by atoms with Crippen LogP contribution in [-0.4, -0.2) is 20.7 Å². The van der Waals surface area contributed by atoms with Crippen LogP contribution in [0.5, 0.6) is 0 Å². The topological polar surface area (TPSA) is 20.2 Å². The van der Waals surface area contributed by atoms with E-state index in [2.05, 4.69) is 48.7 Å². The fraction of sp³-hybridized carbons (Fsp3) is 0.600. The second-order valence-corrected chi connectivity index (χ2v) is 10.7. The smallest absolute Gasteiger partial charge is 0.0826 e. The number of benzene rings is 1. The highest BCUT2D eigenvalue weighted by Gasteiger charge is 2.51. The van der Waals surface area contributed by atoms with Gasteiger partial charge in [-0.1, -0.05) is 48.9 Å². The summed E-state index contributed by atoms with van der Waals surface area (Å²) >= 11 is 4.37. The minimum atomic E-state index is -0.331. The summed E-state index contributed by atoms with van der Waals surface area (Å²) in [6.45, 7) is 2.42. The van der Waals surface area contributed by atoms with Gasteiger partial charge < -0.3 is 5.11 Å². The average molecular weight is 347 g/mol. The van der Waals surface area contributed by atoms with Gasteiger partial charge in [0.15, 0.2) is 0 Å². The molecule has 0 bridgehead atoms. The molecule has 1 saturated heterocycles. The van der Waals surface area contributed by atoms with Gasteiger partial charge in [-0.25, -0.2) is 0 Å². The quantitative estimate of drug-likeness (QED) is 0.722. The highest BCUT2D eigenvalue weighted by atomic mass is 32.2. The summed E-state index contributed by atoms with van der Waals surface area (Å²) in [5.74, 6) is 2.98. The molecule has 1 heterocycles. The van der Waals surface area contributed by atoms with E-state index in [1.54, 1.807) is 5.57 Å². The lowest BCUT2D eigenvalue weighted by Crippen LogP contribution is -2.42. The minimum absolute atomic E-state index is 0.183. The molecule has 1 aromatic carbocycles. The first-order chi connectivity index (χ1) is 11.1. The molecule has 2 aliphatic carbocycles. The molecule has 1 nitrogen and oxygen atoms in total. The molecule has 0 radical (unpaired) electrons. The maximum Gasteiger partial charge on any atom is 0.0826 e. The van der Waals surface area contributed by atoms with E-state index in [1.165, 1.54) is 30.8 Å². The van der Waals surface area contributed by atoms with Crippen LogP contribution in [0.2, 0.25) is 0 Å². The first kappa shape index (κ1) is 16.1. The van der Waals surface area contributed by atoms with Crippen LogP contribution in [0, 0.1) is 11.3 Å². The molecule has 4 rings (SSSR count). The molecule has 3 heteroatoms. The monoisotopic (exact) mass is 346 g/mol. The van der Waals surface area contributed by atoms with Crippen molar-refractivity contribution in [2.24, 2.45) is 11.3 Å². The van der Waals surface area contributed by atoms with Gasteiger partial charge in [0.25, 0.3) is 0 Å². The molecular weight excluding hydrogens is 320 g/mol. The number of fused-ring (bicyclic) bond motifs is 1. The molecule has 3 unspecified atom stereocenters. The van der Waals surface area contributed by atoms with Gasteiger partial charge in [-0.3, -0.25) is 0 Å². The molecular formula is C20H26OS2. The van der Waals surface area contributed by atoms with Gasteiger partial charge in [0.05, 0.1) is 10.2 Å². The first-order valence-corrected chi connectivity index (χ1v) is 10.8. The lowest BCUT2D eigenvalue weighted by Gasteiger charge is -2.51. The van der Waals surface area contributed by atoms with Crippen molar-refractivity contribution in [2.45, 2.75) is 49.2 Å². The first-order valence-electron chi connectivity index (χ1n) is 8.83. The highest BCUT2D eigenvalue weighted by Crippen LogP contribution is 2.63. The maximum atomic E-state index is 11.1. The zero-order chi connectivity index (χ0) is 15.9. The van der Waals surface area contributed by atoms with E-state index in [9.17, 15) is 5.11 Å². The molecule has 1 aliphatic heterocycles. The lowest BCUT2D eigenvalue weighted by molar-refractivity contribution is 0.0180. The number of allylic oxidation sites excluding steroid dienone is 2. The van der Waals surface area contributed by atoms with Gasteiger partial charge in [-0.15, -0.1) is 23.5 Å². The van der Waals surface area contributed by atoms with Gasteiger partial charge in [0, 0.05) is 11.5 Å². The number of hydrogen-bond acceptors (Lipinski definition) is 3. The van der Waals surface area contributed by atoms with Crippen molar-refractivity contribution in [2.75, 3.05) is 11.5 Å². The number of hydrogen-bond donors (Lipinski definition) is 1. The van der Waals surface area contributed by atoms with Crippen LogP contribution >= 0.6 is 23.5 Å². The molecule has 1 aromatic rings. The molecule has 0 amide bonds. The predicted octanol–water partition coefficient (Wildman–Crippen LogP) is 5.42. The molecule has 124 valence electrons. The van der Waals surface area contributed by atoms with E-state index in [4.69, 9.17) is 0 Å². The Morgan fingerprint density at radius 3 is 2.61 bits per heavy atom. The van der Waals surface area contributed by atoms with E-state index in [0.717, 1.165) is 18.4 Å². The second kappa shape index (κ2) is 6.16. The molecule has 1 saturated carbocycles. The largest absolute Gasteiger partial charge is 0.388 e. The van der Waals surface area contributed by atoms with Crippen molar-refractivity contribution in [3.05, 3.63) is 47.5 Å². The van der Waals surface area contributed by atoms with E-state index in [1.807, 2.05) is 18.2 Å². The summed E-state index contributed by atoms with van der Waals surface area (Å²) < 4.78 is 0.449. The Labute approximate surface area is 148 Å². The summed E-state index contributed by atoms with van der Waals surface area (Å²) in [4.78, 5) is 0. The maximum absolute atomic E-state index is 11.1. The van der Waals surface area contributed by atoms with E-state index in [-0.39, 0.29) is 11.5 Å². The summed E-state index contributed by atoms with van der Waals surface area (Å²) in [6, 6.07) is 10.3. The number of thioether (sulfide) groups is 2. The van der Waals surface area contributed by atoms with Gasteiger partial charge >= 0.3 is 0 Å². The van der Waals surface area contributed by atoms with E-state index < -0.39 is 0 Å². The molecule has 3 atom stereocenters. The van der Waals surface area contributed by atoms with Gasteiger partial charge in [0.2, 0.25) is 0 Å². The summed E-state index contributed by atoms with van der Waals surface area (Å²) in [6.07, 6.45) is 8.18. The fourth-order valence-electron chi connectivity index (χ4n) is 4.81. The Hall–Kier alpha value is -0.380. The predicted molar refractivity (Wildman–Crippen MR) is 102 cm³/mol. The molecule has 23 heavy (non-hydrogen) atoms. The molecule has 1 spiro atoms. The van der Waals surface area contributed by atoms with Crippen LogP contribution in [0.3, 0.4) is 0 Å². The van der Waals surface area contributed by atoms with Gasteiger partial charge in [0.1, 0.15) is 0 Å². The van der Waals surface area contributed by atoms with Crippen molar-refractivity contribution in [3.8, 4) is 0 Å². The van der Waals surface area contributed by atoms with E-state index in [0.29, 0.717) is 10.00 Å². The van der Waals surface area contributed by atoms with Crippen LogP contribution in [0.4, 0.5) is 0 Å². The molecule has 0 aromatic heterocycles. The lowest BCUT2D eigenvalue weighted by atomic mass is 9.58. The van der Waals surface area contributed by atoms with Crippen molar-refractivity contribution in [1.29, 1.82) is 0 Å². The van der Waals surface area contributed by atoms with Gasteiger partial charge in [-0.05, 0) is 49.0 Å². The van der Waals surface area contributed by atoms with Crippen molar-refractivity contribution >= 4 is 23.5 Å². The standard InChI is InChI=1S/C20H26OS2/c1-19-10-11-20(22-12-13-23-20)14-16(19)8-5-9-17(19)18(21)15-6-3-2-4-7-15/h2-4,6-8,17-18,21H,5,9-14H2,1H3. The molecule has 2 fully saturated rings. The van der Waals surface area contributed by atoms with Crippen LogP contribution in [0.1, 0.15) is 50.7 Å². The molecule has 3 aliphatic rings. The van der Waals surface area contributed by atoms with Crippen LogP contribution in [0.15, 0.2) is 42.0 Å². The highest BCUT2D eigenvalue weighted by molar-refractivity contribution is 8.21. The fourth-order valence-corrected chi connectivity index (χ4v) is 8.06. The Morgan fingerprint density at radius 2 is 1.87 bits per heavy atom. The number of rotatable bonds is 2. The third-order valence-electron chi connectivity index (χ3n) is 6.24. The van der Waals surface area contributed by atoms with Crippen molar-refractivity contribution < 1.29 is 5.11 Å². The molecule has 1 N–H and O–H groups in total. The SMILES string of the molecule is CC12CCC3(CC1=CCCC2C(O)c1ccccc1)SCCS3. The average Bonchev–Trinajstić information content (AvgIpc) is 3.03. The Kier molecular flexibility index (Phi) is 4.32.